The van der Waals surface area contributed by atoms with Crippen LogP contribution in [0.1, 0.15) is 34.2 Å². The Labute approximate surface area is 134 Å². The summed E-state index contributed by atoms with van der Waals surface area (Å²) >= 11 is 6.78. The molecular formula is C15H13BrN2S2. The van der Waals surface area contributed by atoms with E-state index in [0.717, 1.165) is 38.0 Å². The monoisotopic (exact) mass is 364 g/mol. The van der Waals surface area contributed by atoms with Crippen molar-refractivity contribution in [3.05, 3.63) is 36.8 Å². The lowest BCUT2D eigenvalue weighted by atomic mass is 9.89. The van der Waals surface area contributed by atoms with Crippen LogP contribution in [0.4, 0.5) is 5.00 Å². The van der Waals surface area contributed by atoms with E-state index in [1.54, 1.807) is 22.7 Å². The SMILES string of the molecule is C[C@@H]1CCc2c(sc(N=Cc3ccc(Br)s3)c2C#N)C1. The van der Waals surface area contributed by atoms with Crippen LogP contribution in [-0.2, 0) is 12.8 Å². The molecule has 0 aromatic carbocycles. The molecule has 102 valence electrons. The first-order valence-corrected chi connectivity index (χ1v) is 8.94. The summed E-state index contributed by atoms with van der Waals surface area (Å²) in [5.74, 6) is 0.720. The second-order valence-electron chi connectivity index (χ2n) is 5.04. The molecule has 0 amide bonds. The van der Waals surface area contributed by atoms with Crippen molar-refractivity contribution in [2.45, 2.75) is 26.2 Å². The highest BCUT2D eigenvalue weighted by atomic mass is 79.9. The first-order valence-electron chi connectivity index (χ1n) is 6.51. The maximum atomic E-state index is 9.41. The van der Waals surface area contributed by atoms with Gasteiger partial charge in [0.05, 0.1) is 9.35 Å². The van der Waals surface area contributed by atoms with Crippen molar-refractivity contribution >= 4 is 49.8 Å². The first kappa shape index (κ1) is 14.0. The molecule has 3 rings (SSSR count). The van der Waals surface area contributed by atoms with Crippen molar-refractivity contribution in [2.24, 2.45) is 10.9 Å². The van der Waals surface area contributed by atoms with E-state index in [9.17, 15) is 5.26 Å². The molecule has 0 radical (unpaired) electrons. The van der Waals surface area contributed by atoms with Gasteiger partial charge in [-0.1, -0.05) is 6.92 Å². The lowest BCUT2D eigenvalue weighted by Gasteiger charge is -2.17. The van der Waals surface area contributed by atoms with E-state index in [1.165, 1.54) is 16.9 Å². The van der Waals surface area contributed by atoms with Gasteiger partial charge in [0.2, 0.25) is 0 Å². The Balaban J connectivity index is 1.94. The van der Waals surface area contributed by atoms with Gasteiger partial charge in [-0.15, -0.1) is 22.7 Å². The van der Waals surface area contributed by atoms with Gasteiger partial charge in [-0.05, 0) is 58.8 Å². The van der Waals surface area contributed by atoms with Crippen LogP contribution in [0.2, 0.25) is 0 Å². The second kappa shape index (κ2) is 5.80. The molecule has 0 aliphatic heterocycles. The highest BCUT2D eigenvalue weighted by Crippen LogP contribution is 2.40. The predicted molar refractivity (Wildman–Crippen MR) is 89.5 cm³/mol. The van der Waals surface area contributed by atoms with E-state index in [0.29, 0.717) is 0 Å². The lowest BCUT2D eigenvalue weighted by Crippen LogP contribution is -2.09. The number of hydrogen-bond acceptors (Lipinski definition) is 4. The standard InChI is InChI=1S/C15H13BrN2S2/c1-9-2-4-11-12(7-17)15(20-13(11)6-9)18-8-10-3-5-14(16)19-10/h3,5,8-9H,2,4,6H2,1H3/t9-/m1/s1. The van der Waals surface area contributed by atoms with Crippen LogP contribution in [0.15, 0.2) is 20.9 Å². The van der Waals surface area contributed by atoms with E-state index >= 15 is 0 Å². The molecule has 1 aliphatic carbocycles. The summed E-state index contributed by atoms with van der Waals surface area (Å²) in [6, 6.07) is 6.39. The Morgan fingerprint density at radius 2 is 2.30 bits per heavy atom. The fraction of sp³-hybridized carbons (Fsp3) is 0.333. The molecule has 1 aliphatic rings. The minimum absolute atomic E-state index is 0.720. The van der Waals surface area contributed by atoms with Crippen LogP contribution in [-0.4, -0.2) is 6.21 Å². The van der Waals surface area contributed by atoms with Gasteiger partial charge in [0.1, 0.15) is 11.1 Å². The molecule has 0 saturated heterocycles. The third-order valence-corrected chi connectivity index (χ3v) is 6.23. The molecule has 0 bridgehead atoms. The van der Waals surface area contributed by atoms with Gasteiger partial charge in [-0.3, -0.25) is 0 Å². The molecule has 0 saturated carbocycles. The van der Waals surface area contributed by atoms with Crippen LogP contribution >= 0.6 is 38.6 Å². The van der Waals surface area contributed by atoms with Gasteiger partial charge in [-0.25, -0.2) is 4.99 Å². The largest absolute Gasteiger partial charge is 0.243 e. The Bertz CT molecular complexity index is 706. The number of hydrogen-bond donors (Lipinski definition) is 0. The first-order chi connectivity index (χ1) is 9.67. The van der Waals surface area contributed by atoms with Crippen molar-refractivity contribution in [3.63, 3.8) is 0 Å². The van der Waals surface area contributed by atoms with Crippen molar-refractivity contribution in [1.82, 2.24) is 0 Å². The quantitative estimate of drug-likeness (QED) is 0.664. The molecule has 0 fully saturated rings. The maximum Gasteiger partial charge on any atom is 0.134 e. The maximum absolute atomic E-state index is 9.41. The Morgan fingerprint density at radius 3 is 3.00 bits per heavy atom. The molecule has 2 aromatic heterocycles. The summed E-state index contributed by atoms with van der Waals surface area (Å²) in [6.07, 6.45) is 5.15. The average Bonchev–Trinajstić information content (AvgIpc) is 2.98. The Morgan fingerprint density at radius 1 is 1.45 bits per heavy atom. The molecule has 2 nitrogen and oxygen atoms in total. The molecule has 20 heavy (non-hydrogen) atoms. The fourth-order valence-corrected chi connectivity index (χ4v) is 5.06. The predicted octanol–water partition coefficient (Wildman–Crippen LogP) is 5.32. The van der Waals surface area contributed by atoms with E-state index in [4.69, 9.17) is 0 Å². The van der Waals surface area contributed by atoms with E-state index in [-0.39, 0.29) is 0 Å². The molecular weight excluding hydrogens is 352 g/mol. The van der Waals surface area contributed by atoms with Crippen molar-refractivity contribution in [3.8, 4) is 6.07 Å². The van der Waals surface area contributed by atoms with Gasteiger partial charge in [0.25, 0.3) is 0 Å². The van der Waals surface area contributed by atoms with E-state index in [2.05, 4.69) is 33.9 Å². The summed E-state index contributed by atoms with van der Waals surface area (Å²) in [4.78, 5) is 7.01. The zero-order valence-corrected chi connectivity index (χ0v) is 14.2. The second-order valence-corrected chi connectivity index (χ2v) is 8.62. The fourth-order valence-electron chi connectivity index (χ4n) is 2.46. The van der Waals surface area contributed by atoms with Crippen molar-refractivity contribution < 1.29 is 0 Å². The smallest absolute Gasteiger partial charge is 0.134 e. The number of halogens is 1. The summed E-state index contributed by atoms with van der Waals surface area (Å²) < 4.78 is 1.10. The molecule has 1 atom stereocenters. The number of nitrogens with zero attached hydrogens (tertiary/aromatic N) is 2. The molecule has 2 heterocycles. The Kier molecular flexibility index (Phi) is 4.06. The van der Waals surface area contributed by atoms with Crippen LogP contribution in [0.5, 0.6) is 0 Å². The van der Waals surface area contributed by atoms with Crippen LogP contribution in [0.3, 0.4) is 0 Å². The highest BCUT2D eigenvalue weighted by Gasteiger charge is 2.23. The van der Waals surface area contributed by atoms with Gasteiger partial charge in [-0.2, -0.15) is 5.26 Å². The van der Waals surface area contributed by atoms with E-state index in [1.807, 2.05) is 18.3 Å². The number of rotatable bonds is 2. The summed E-state index contributed by atoms with van der Waals surface area (Å²) in [5.41, 5.74) is 2.04. The zero-order chi connectivity index (χ0) is 14.1. The summed E-state index contributed by atoms with van der Waals surface area (Å²) in [5, 5.41) is 10.3. The minimum Gasteiger partial charge on any atom is -0.243 e. The topological polar surface area (TPSA) is 36.1 Å². The van der Waals surface area contributed by atoms with Crippen molar-refractivity contribution in [2.75, 3.05) is 0 Å². The van der Waals surface area contributed by atoms with Crippen LogP contribution in [0.25, 0.3) is 0 Å². The van der Waals surface area contributed by atoms with Crippen molar-refractivity contribution in [1.29, 1.82) is 5.26 Å². The number of nitriles is 1. The number of thiophene rings is 2. The lowest BCUT2D eigenvalue weighted by molar-refractivity contribution is 0.507. The van der Waals surface area contributed by atoms with Crippen LogP contribution < -0.4 is 0 Å². The number of fused-ring (bicyclic) bond motifs is 1. The van der Waals surface area contributed by atoms with Gasteiger partial charge in [0.15, 0.2) is 0 Å². The average molecular weight is 365 g/mol. The third kappa shape index (κ3) is 2.73. The van der Waals surface area contributed by atoms with Gasteiger partial charge >= 0.3 is 0 Å². The normalized spacial score (nSPS) is 18.1. The molecule has 5 heteroatoms. The summed E-state index contributed by atoms with van der Waals surface area (Å²) in [6.45, 7) is 2.28. The highest BCUT2D eigenvalue weighted by molar-refractivity contribution is 9.11. The molecule has 2 aromatic rings. The number of aliphatic imine (C=N–C) groups is 1. The van der Waals surface area contributed by atoms with Gasteiger partial charge < -0.3 is 0 Å². The van der Waals surface area contributed by atoms with Gasteiger partial charge in [0, 0.05) is 16.0 Å². The molecule has 0 N–H and O–H groups in total. The summed E-state index contributed by atoms with van der Waals surface area (Å²) in [7, 11) is 0. The third-order valence-electron chi connectivity index (χ3n) is 3.51. The Hall–Kier alpha value is -0.960. The molecule has 0 unspecified atom stereocenters. The van der Waals surface area contributed by atoms with E-state index < -0.39 is 0 Å². The minimum atomic E-state index is 0.720. The zero-order valence-electron chi connectivity index (χ0n) is 11.0. The van der Waals surface area contributed by atoms with Crippen LogP contribution in [0, 0.1) is 17.2 Å². The molecule has 0 spiro atoms.